The number of fused-ring (bicyclic) bond motifs is 1. The highest BCUT2D eigenvalue weighted by atomic mass is 16.5. The van der Waals surface area contributed by atoms with Crippen molar-refractivity contribution in [3.63, 3.8) is 0 Å². The van der Waals surface area contributed by atoms with E-state index in [1.807, 2.05) is 13.0 Å². The number of carbonyl (C=O) groups excluding carboxylic acids is 2. The first-order valence-electron chi connectivity index (χ1n) is 11.8. The van der Waals surface area contributed by atoms with Crippen LogP contribution in [0.4, 0.5) is 5.69 Å². The molecule has 1 amide bonds. The third-order valence-corrected chi connectivity index (χ3v) is 6.54. The van der Waals surface area contributed by atoms with Gasteiger partial charge in [-0.15, -0.1) is 0 Å². The van der Waals surface area contributed by atoms with Crippen LogP contribution in [-0.4, -0.2) is 55.1 Å². The van der Waals surface area contributed by atoms with Crippen LogP contribution in [-0.2, 0) is 14.3 Å². The van der Waals surface area contributed by atoms with Crippen LogP contribution in [0.1, 0.15) is 75.5 Å². The van der Waals surface area contributed by atoms with Crippen molar-refractivity contribution in [2.75, 3.05) is 38.7 Å². The Morgan fingerprint density at radius 3 is 2.74 bits per heavy atom. The smallest absolute Gasteiger partial charge is 0.306 e. The summed E-state index contributed by atoms with van der Waals surface area (Å²) in [5.74, 6) is 1.07. The van der Waals surface area contributed by atoms with Crippen molar-refractivity contribution >= 4 is 17.6 Å². The summed E-state index contributed by atoms with van der Waals surface area (Å²) in [4.78, 5) is 30.9. The van der Waals surface area contributed by atoms with Crippen LogP contribution in [0, 0.1) is 12.8 Å². The van der Waals surface area contributed by atoms with Gasteiger partial charge in [-0.25, -0.2) is 4.98 Å². The maximum Gasteiger partial charge on any atom is 0.306 e. The molecule has 2 aliphatic rings. The molecule has 1 aromatic rings. The van der Waals surface area contributed by atoms with Gasteiger partial charge in [-0.3, -0.25) is 9.59 Å². The van der Waals surface area contributed by atoms with Crippen molar-refractivity contribution in [3.05, 3.63) is 17.3 Å². The average molecular weight is 432 g/mol. The number of esters is 1. The topological polar surface area (TPSA) is 80.8 Å². The molecule has 1 unspecified atom stereocenters. The van der Waals surface area contributed by atoms with Crippen molar-refractivity contribution in [1.82, 2.24) is 9.88 Å². The number of ether oxygens (including phenoxy) is 2. The number of nitrogens with zero attached hydrogens (tertiary/aromatic N) is 2. The van der Waals surface area contributed by atoms with E-state index in [9.17, 15) is 9.59 Å². The van der Waals surface area contributed by atoms with E-state index < -0.39 is 0 Å². The van der Waals surface area contributed by atoms with E-state index in [4.69, 9.17) is 9.47 Å². The molecule has 0 radical (unpaired) electrons. The van der Waals surface area contributed by atoms with E-state index in [1.54, 1.807) is 0 Å². The summed E-state index contributed by atoms with van der Waals surface area (Å²) in [7, 11) is 1.44. The molecule has 1 saturated heterocycles. The molecule has 0 saturated carbocycles. The molecule has 1 aromatic heterocycles. The highest BCUT2D eigenvalue weighted by molar-refractivity contribution is 6.03. The monoisotopic (exact) mass is 431 g/mol. The molecule has 2 aliphatic heterocycles. The van der Waals surface area contributed by atoms with Crippen LogP contribution < -0.4 is 10.1 Å². The molecule has 0 aliphatic carbocycles. The highest BCUT2D eigenvalue weighted by Gasteiger charge is 2.33. The van der Waals surface area contributed by atoms with Gasteiger partial charge >= 0.3 is 5.97 Å². The van der Waals surface area contributed by atoms with Gasteiger partial charge in [0, 0.05) is 12.6 Å². The number of carbonyl (C=O) groups is 2. The van der Waals surface area contributed by atoms with Gasteiger partial charge in [0.25, 0.3) is 0 Å². The number of aromatic nitrogens is 1. The number of unbranched alkanes of at least 4 members (excludes halogenated alkanes) is 1. The van der Waals surface area contributed by atoms with Gasteiger partial charge in [-0.05, 0) is 57.2 Å². The number of anilines is 1. The molecule has 172 valence electrons. The normalized spacial score (nSPS) is 19.2. The first-order valence-corrected chi connectivity index (χ1v) is 11.8. The van der Waals surface area contributed by atoms with Gasteiger partial charge in [0.2, 0.25) is 11.8 Å². The minimum atomic E-state index is -0.177. The summed E-state index contributed by atoms with van der Waals surface area (Å²) in [6.07, 6.45) is 7.83. The summed E-state index contributed by atoms with van der Waals surface area (Å²) < 4.78 is 10.5. The van der Waals surface area contributed by atoms with Gasteiger partial charge < -0.3 is 19.7 Å². The predicted molar refractivity (Wildman–Crippen MR) is 120 cm³/mol. The van der Waals surface area contributed by atoms with Crippen molar-refractivity contribution in [2.24, 2.45) is 5.92 Å². The van der Waals surface area contributed by atoms with Crippen molar-refractivity contribution in [1.29, 1.82) is 0 Å². The van der Waals surface area contributed by atoms with Crippen LogP contribution in [0.5, 0.6) is 5.88 Å². The Hall–Kier alpha value is -2.15. The Kier molecular flexibility index (Phi) is 8.69. The fourth-order valence-electron chi connectivity index (χ4n) is 4.54. The van der Waals surface area contributed by atoms with Crippen molar-refractivity contribution in [2.45, 2.75) is 71.1 Å². The molecule has 0 aromatic carbocycles. The first kappa shape index (κ1) is 23.5. The van der Waals surface area contributed by atoms with Gasteiger partial charge in [-0.1, -0.05) is 26.2 Å². The molecule has 0 spiro atoms. The van der Waals surface area contributed by atoms with Gasteiger partial charge in [-0.2, -0.15) is 0 Å². The first-order chi connectivity index (χ1) is 15.0. The van der Waals surface area contributed by atoms with E-state index in [0.29, 0.717) is 24.8 Å². The number of hydrogen-bond donors (Lipinski definition) is 1. The van der Waals surface area contributed by atoms with Crippen LogP contribution in [0.3, 0.4) is 0 Å². The number of methoxy groups -OCH3 is 1. The lowest BCUT2D eigenvalue weighted by Gasteiger charge is -2.31. The number of rotatable bonds is 11. The second kappa shape index (κ2) is 11.5. The quantitative estimate of drug-likeness (QED) is 0.421. The van der Waals surface area contributed by atoms with E-state index >= 15 is 0 Å². The van der Waals surface area contributed by atoms with Crippen molar-refractivity contribution in [3.8, 4) is 5.88 Å². The van der Waals surface area contributed by atoms with Crippen LogP contribution >= 0.6 is 0 Å². The Bertz CT molecular complexity index is 759. The van der Waals surface area contributed by atoms with Gasteiger partial charge in [0.1, 0.15) is 0 Å². The molecular formula is C24H37N3O4. The van der Waals surface area contributed by atoms with Crippen LogP contribution in [0.2, 0.25) is 0 Å². The molecule has 7 heteroatoms. The fraction of sp³-hybridized carbons (Fsp3) is 0.708. The highest BCUT2D eigenvalue weighted by Crippen LogP contribution is 2.38. The lowest BCUT2D eigenvalue weighted by molar-refractivity contribution is -0.141. The molecule has 3 rings (SSSR count). The zero-order valence-electron chi connectivity index (χ0n) is 19.2. The zero-order valence-corrected chi connectivity index (χ0v) is 19.2. The molecule has 7 nitrogen and oxygen atoms in total. The van der Waals surface area contributed by atoms with E-state index in [0.717, 1.165) is 81.5 Å². The standard InChI is InChI=1S/C24H37N3O4/c1-4-5-15-31-20-16-17(2)22-23(25-20)19(24(29)26-22)8-6-7-18-9-12-27(13-10-18)14-11-21(28)30-3/h16,18-19H,4-15H2,1-3H3,(H,26,29). The van der Waals surface area contributed by atoms with E-state index in [1.165, 1.54) is 7.11 Å². The average Bonchev–Trinajstić information content (AvgIpc) is 3.09. The minimum Gasteiger partial charge on any atom is -0.478 e. The summed E-state index contributed by atoms with van der Waals surface area (Å²) in [6.45, 7) is 7.65. The number of likely N-dealkylation sites (tertiary alicyclic amines) is 1. The Morgan fingerprint density at radius 2 is 2.03 bits per heavy atom. The number of pyridine rings is 1. The molecule has 1 N–H and O–H groups in total. The largest absolute Gasteiger partial charge is 0.478 e. The number of aryl methyl sites for hydroxylation is 1. The van der Waals surface area contributed by atoms with E-state index in [2.05, 4.69) is 22.1 Å². The number of amides is 1. The maximum atomic E-state index is 12.6. The molecule has 1 fully saturated rings. The maximum absolute atomic E-state index is 12.6. The summed E-state index contributed by atoms with van der Waals surface area (Å²) in [6, 6.07) is 1.92. The SMILES string of the molecule is CCCCOc1cc(C)c2c(n1)C(CCCC1CCN(CCC(=O)OC)CC1)C(=O)N2. The second-order valence-electron chi connectivity index (χ2n) is 8.82. The Morgan fingerprint density at radius 1 is 1.26 bits per heavy atom. The molecular weight excluding hydrogens is 394 g/mol. The van der Waals surface area contributed by atoms with Gasteiger partial charge in [0.05, 0.1) is 37.4 Å². The lowest BCUT2D eigenvalue weighted by Crippen LogP contribution is -2.35. The summed E-state index contributed by atoms with van der Waals surface area (Å²) >= 11 is 0. The van der Waals surface area contributed by atoms with E-state index in [-0.39, 0.29) is 17.8 Å². The van der Waals surface area contributed by atoms with Crippen LogP contribution in [0.15, 0.2) is 6.07 Å². The molecule has 3 heterocycles. The third kappa shape index (κ3) is 6.42. The summed E-state index contributed by atoms with van der Waals surface area (Å²) in [5.41, 5.74) is 2.75. The minimum absolute atomic E-state index is 0.0638. The Balaban J connectivity index is 1.46. The molecule has 1 atom stereocenters. The van der Waals surface area contributed by atoms with Crippen molar-refractivity contribution < 1.29 is 19.1 Å². The van der Waals surface area contributed by atoms with Gasteiger partial charge in [0.15, 0.2) is 0 Å². The second-order valence-corrected chi connectivity index (χ2v) is 8.82. The predicted octanol–water partition coefficient (Wildman–Crippen LogP) is 4.05. The fourth-order valence-corrected chi connectivity index (χ4v) is 4.54. The number of hydrogen-bond acceptors (Lipinski definition) is 6. The Labute approximate surface area is 185 Å². The lowest BCUT2D eigenvalue weighted by atomic mass is 9.89. The summed E-state index contributed by atoms with van der Waals surface area (Å²) in [5, 5.41) is 3.03. The zero-order chi connectivity index (χ0) is 22.2. The molecule has 0 bridgehead atoms. The number of piperidine rings is 1. The number of nitrogens with one attached hydrogen (secondary N) is 1. The third-order valence-electron chi connectivity index (χ3n) is 6.54. The van der Waals surface area contributed by atoms with Crippen LogP contribution in [0.25, 0.3) is 0 Å². The molecule has 31 heavy (non-hydrogen) atoms.